The van der Waals surface area contributed by atoms with Crippen molar-refractivity contribution in [3.63, 3.8) is 0 Å². The van der Waals surface area contributed by atoms with E-state index >= 15 is 0 Å². The minimum atomic E-state index is 0.246. The van der Waals surface area contributed by atoms with Crippen LogP contribution in [0.3, 0.4) is 0 Å². The SMILES string of the molecule is CCCC(CCC)C(=O)N1CCCN(CCN)CC1. The molecule has 0 aromatic carbocycles. The molecule has 0 atom stereocenters. The van der Waals surface area contributed by atoms with Crippen molar-refractivity contribution in [3.8, 4) is 0 Å². The number of hydrogen-bond acceptors (Lipinski definition) is 3. The zero-order chi connectivity index (χ0) is 14.1. The van der Waals surface area contributed by atoms with Gasteiger partial charge in [-0.15, -0.1) is 0 Å². The van der Waals surface area contributed by atoms with Crippen LogP contribution in [-0.2, 0) is 4.79 Å². The lowest BCUT2D eigenvalue weighted by Crippen LogP contribution is -2.39. The van der Waals surface area contributed by atoms with E-state index in [4.69, 9.17) is 5.73 Å². The van der Waals surface area contributed by atoms with E-state index in [1.54, 1.807) is 0 Å². The molecule has 4 heteroatoms. The molecule has 4 nitrogen and oxygen atoms in total. The lowest BCUT2D eigenvalue weighted by atomic mass is 9.96. The molecule has 0 saturated carbocycles. The first-order chi connectivity index (χ1) is 9.22. The highest BCUT2D eigenvalue weighted by atomic mass is 16.2. The van der Waals surface area contributed by atoms with Gasteiger partial charge in [-0.1, -0.05) is 26.7 Å². The molecule has 0 radical (unpaired) electrons. The summed E-state index contributed by atoms with van der Waals surface area (Å²) in [6.07, 6.45) is 5.36. The maximum absolute atomic E-state index is 12.6. The predicted octanol–water partition coefficient (Wildman–Crippen LogP) is 1.70. The largest absolute Gasteiger partial charge is 0.341 e. The average molecular weight is 269 g/mol. The van der Waals surface area contributed by atoms with Crippen molar-refractivity contribution < 1.29 is 4.79 Å². The van der Waals surface area contributed by atoms with Crippen molar-refractivity contribution >= 4 is 5.91 Å². The quantitative estimate of drug-likeness (QED) is 0.765. The van der Waals surface area contributed by atoms with Crippen LogP contribution in [0.4, 0.5) is 0 Å². The van der Waals surface area contributed by atoms with E-state index in [2.05, 4.69) is 23.6 Å². The van der Waals surface area contributed by atoms with Crippen molar-refractivity contribution in [1.82, 2.24) is 9.80 Å². The molecule has 0 unspecified atom stereocenters. The minimum Gasteiger partial charge on any atom is -0.341 e. The van der Waals surface area contributed by atoms with E-state index in [1.807, 2.05) is 0 Å². The third-order valence-electron chi connectivity index (χ3n) is 3.97. The molecular weight excluding hydrogens is 238 g/mol. The molecule has 1 rings (SSSR count). The molecule has 112 valence electrons. The lowest BCUT2D eigenvalue weighted by Gasteiger charge is -2.26. The fourth-order valence-corrected chi connectivity index (χ4v) is 2.94. The molecule has 0 bridgehead atoms. The summed E-state index contributed by atoms with van der Waals surface area (Å²) >= 11 is 0. The van der Waals surface area contributed by atoms with Crippen molar-refractivity contribution in [3.05, 3.63) is 0 Å². The third-order valence-corrected chi connectivity index (χ3v) is 3.97. The molecule has 1 saturated heterocycles. The number of nitrogens with zero attached hydrogens (tertiary/aromatic N) is 2. The van der Waals surface area contributed by atoms with Crippen LogP contribution in [0, 0.1) is 5.92 Å². The van der Waals surface area contributed by atoms with Gasteiger partial charge in [0.25, 0.3) is 0 Å². The van der Waals surface area contributed by atoms with E-state index in [0.29, 0.717) is 12.5 Å². The molecule has 1 fully saturated rings. The van der Waals surface area contributed by atoms with E-state index in [0.717, 1.165) is 64.8 Å². The minimum absolute atomic E-state index is 0.246. The molecule has 0 aromatic rings. The maximum Gasteiger partial charge on any atom is 0.225 e. The van der Waals surface area contributed by atoms with E-state index < -0.39 is 0 Å². The van der Waals surface area contributed by atoms with Crippen LogP contribution < -0.4 is 5.73 Å². The average Bonchev–Trinajstić information content (AvgIpc) is 2.64. The van der Waals surface area contributed by atoms with Crippen molar-refractivity contribution in [2.45, 2.75) is 46.0 Å². The van der Waals surface area contributed by atoms with Gasteiger partial charge in [-0.05, 0) is 25.8 Å². The molecule has 1 amide bonds. The van der Waals surface area contributed by atoms with Crippen LogP contribution in [0.25, 0.3) is 0 Å². The number of hydrogen-bond donors (Lipinski definition) is 1. The summed E-state index contributed by atoms with van der Waals surface area (Å²) in [7, 11) is 0. The highest BCUT2D eigenvalue weighted by Crippen LogP contribution is 2.18. The summed E-state index contributed by atoms with van der Waals surface area (Å²) in [5.74, 6) is 0.634. The first-order valence-corrected chi connectivity index (χ1v) is 7.94. The summed E-state index contributed by atoms with van der Waals surface area (Å²) in [4.78, 5) is 17.0. The molecule has 19 heavy (non-hydrogen) atoms. The van der Waals surface area contributed by atoms with Crippen molar-refractivity contribution in [1.29, 1.82) is 0 Å². The molecule has 1 aliphatic rings. The Labute approximate surface area is 118 Å². The van der Waals surface area contributed by atoms with Gasteiger partial charge < -0.3 is 15.5 Å². The zero-order valence-electron chi connectivity index (χ0n) is 12.7. The number of nitrogens with two attached hydrogens (primary N) is 1. The summed E-state index contributed by atoms with van der Waals surface area (Å²) in [6, 6.07) is 0. The first-order valence-electron chi connectivity index (χ1n) is 7.94. The summed E-state index contributed by atoms with van der Waals surface area (Å²) in [6.45, 7) is 9.86. The normalized spacial score (nSPS) is 17.8. The highest BCUT2D eigenvalue weighted by Gasteiger charge is 2.24. The number of carbonyl (C=O) groups is 1. The fourth-order valence-electron chi connectivity index (χ4n) is 2.94. The van der Waals surface area contributed by atoms with Crippen molar-refractivity contribution in [2.24, 2.45) is 11.7 Å². The van der Waals surface area contributed by atoms with Gasteiger partial charge in [-0.3, -0.25) is 4.79 Å². The lowest BCUT2D eigenvalue weighted by molar-refractivity contribution is -0.135. The van der Waals surface area contributed by atoms with Crippen LogP contribution >= 0.6 is 0 Å². The fraction of sp³-hybridized carbons (Fsp3) is 0.933. The molecule has 0 aliphatic carbocycles. The third kappa shape index (κ3) is 5.49. The van der Waals surface area contributed by atoms with Crippen LogP contribution in [0.2, 0.25) is 0 Å². The van der Waals surface area contributed by atoms with Gasteiger partial charge in [-0.25, -0.2) is 0 Å². The van der Waals surface area contributed by atoms with Crippen LogP contribution in [0.1, 0.15) is 46.0 Å². The van der Waals surface area contributed by atoms with Gasteiger partial charge >= 0.3 is 0 Å². The Balaban J connectivity index is 2.50. The number of rotatable bonds is 7. The number of carbonyl (C=O) groups excluding carboxylic acids is 1. The standard InChI is InChI=1S/C15H31N3O/c1-3-6-14(7-4-2)15(19)18-10-5-9-17(11-8-16)12-13-18/h14H,3-13,16H2,1-2H3. The Morgan fingerprint density at radius 3 is 2.37 bits per heavy atom. The monoisotopic (exact) mass is 269 g/mol. The van der Waals surface area contributed by atoms with E-state index in [9.17, 15) is 4.79 Å². The Hall–Kier alpha value is -0.610. The van der Waals surface area contributed by atoms with Crippen LogP contribution in [0.15, 0.2) is 0 Å². The van der Waals surface area contributed by atoms with E-state index in [1.165, 1.54) is 0 Å². The van der Waals surface area contributed by atoms with Crippen molar-refractivity contribution in [2.75, 3.05) is 39.3 Å². The van der Waals surface area contributed by atoms with Gasteiger partial charge in [0.05, 0.1) is 0 Å². The predicted molar refractivity (Wildman–Crippen MR) is 80.0 cm³/mol. The van der Waals surface area contributed by atoms with Crippen LogP contribution in [-0.4, -0.2) is 55.0 Å². The Kier molecular flexibility index (Phi) is 8.07. The smallest absolute Gasteiger partial charge is 0.225 e. The molecule has 2 N–H and O–H groups in total. The zero-order valence-corrected chi connectivity index (χ0v) is 12.7. The second-order valence-corrected chi connectivity index (χ2v) is 5.58. The van der Waals surface area contributed by atoms with Gasteiger partial charge in [0, 0.05) is 38.6 Å². The Bertz CT molecular complexity index is 252. The highest BCUT2D eigenvalue weighted by molar-refractivity contribution is 5.78. The topological polar surface area (TPSA) is 49.6 Å². The number of amides is 1. The summed E-state index contributed by atoms with van der Waals surface area (Å²) < 4.78 is 0. The molecule has 0 aromatic heterocycles. The molecule has 1 heterocycles. The first kappa shape index (κ1) is 16.4. The van der Waals surface area contributed by atoms with Crippen LogP contribution in [0.5, 0.6) is 0 Å². The van der Waals surface area contributed by atoms with E-state index in [-0.39, 0.29) is 5.92 Å². The molecule has 1 aliphatic heterocycles. The molecule has 0 spiro atoms. The van der Waals surface area contributed by atoms with Gasteiger partial charge in [0.2, 0.25) is 5.91 Å². The van der Waals surface area contributed by atoms with Gasteiger partial charge in [0.15, 0.2) is 0 Å². The molecular formula is C15H31N3O. The second-order valence-electron chi connectivity index (χ2n) is 5.58. The Morgan fingerprint density at radius 1 is 1.11 bits per heavy atom. The maximum atomic E-state index is 12.6. The van der Waals surface area contributed by atoms with Gasteiger partial charge in [-0.2, -0.15) is 0 Å². The Morgan fingerprint density at radius 2 is 1.79 bits per heavy atom. The second kappa shape index (κ2) is 9.32. The van der Waals surface area contributed by atoms with Gasteiger partial charge in [0.1, 0.15) is 0 Å². The summed E-state index contributed by atoms with van der Waals surface area (Å²) in [5.41, 5.74) is 5.61. The summed E-state index contributed by atoms with van der Waals surface area (Å²) in [5, 5.41) is 0.